The van der Waals surface area contributed by atoms with Gasteiger partial charge in [0.2, 0.25) is 0 Å². The molecule has 5 heteroatoms. The number of methoxy groups -OCH3 is 1. The fraction of sp³-hybridized carbons (Fsp3) is 0.267. The minimum absolute atomic E-state index is 0.256. The summed E-state index contributed by atoms with van der Waals surface area (Å²) in [5.41, 5.74) is 0. The van der Waals surface area contributed by atoms with Crippen LogP contribution < -0.4 is 10.1 Å². The number of carbonyl (C=O) groups excluding carboxylic acids is 1. The third kappa shape index (κ3) is 4.13. The van der Waals surface area contributed by atoms with Gasteiger partial charge in [-0.3, -0.25) is 4.79 Å². The molecule has 0 unspecified atom stereocenters. The molecule has 1 heterocycles. The zero-order valence-electron chi connectivity index (χ0n) is 11.3. The topological polar surface area (TPSA) is 60.7 Å². The van der Waals surface area contributed by atoms with Crippen LogP contribution in [-0.2, 0) is 11.3 Å². The number of furan rings is 1. The van der Waals surface area contributed by atoms with E-state index in [4.69, 9.17) is 13.9 Å². The predicted molar refractivity (Wildman–Crippen MR) is 73.7 cm³/mol. The van der Waals surface area contributed by atoms with Crippen LogP contribution in [0.25, 0.3) is 0 Å². The van der Waals surface area contributed by atoms with Crippen LogP contribution in [0.3, 0.4) is 0 Å². The Labute approximate surface area is 117 Å². The highest BCUT2D eigenvalue weighted by Crippen LogP contribution is 2.13. The summed E-state index contributed by atoms with van der Waals surface area (Å²) in [5.74, 6) is 1.38. The van der Waals surface area contributed by atoms with E-state index in [1.165, 1.54) is 0 Å². The normalized spacial score (nSPS) is 10.2. The number of amides is 1. The molecular weight excluding hydrogens is 258 g/mol. The lowest BCUT2D eigenvalue weighted by Gasteiger charge is -2.03. The highest BCUT2D eigenvalue weighted by atomic mass is 16.5. The van der Waals surface area contributed by atoms with Crippen LogP contribution in [0.5, 0.6) is 5.75 Å². The van der Waals surface area contributed by atoms with Crippen molar-refractivity contribution in [2.45, 2.75) is 6.61 Å². The van der Waals surface area contributed by atoms with E-state index < -0.39 is 0 Å². The summed E-state index contributed by atoms with van der Waals surface area (Å²) in [6, 6.07) is 12.8. The molecule has 0 aliphatic heterocycles. The molecule has 1 aromatic heterocycles. The Kier molecular flexibility index (Phi) is 5.20. The van der Waals surface area contributed by atoms with E-state index in [0.717, 1.165) is 5.75 Å². The van der Waals surface area contributed by atoms with Gasteiger partial charge < -0.3 is 19.2 Å². The second-order valence-corrected chi connectivity index (χ2v) is 4.12. The van der Waals surface area contributed by atoms with Crippen molar-refractivity contribution in [3.63, 3.8) is 0 Å². The van der Waals surface area contributed by atoms with Crippen LogP contribution in [0.1, 0.15) is 16.3 Å². The zero-order valence-corrected chi connectivity index (χ0v) is 11.3. The molecule has 20 heavy (non-hydrogen) atoms. The lowest BCUT2D eigenvalue weighted by atomic mass is 10.3. The summed E-state index contributed by atoms with van der Waals surface area (Å²) in [7, 11) is 1.58. The van der Waals surface area contributed by atoms with Crippen molar-refractivity contribution in [2.24, 2.45) is 0 Å². The smallest absolute Gasteiger partial charge is 0.287 e. The van der Waals surface area contributed by atoms with Crippen molar-refractivity contribution in [3.8, 4) is 5.75 Å². The predicted octanol–water partition coefficient (Wildman–Crippen LogP) is 2.23. The number of para-hydroxylation sites is 1. The third-order valence-corrected chi connectivity index (χ3v) is 2.60. The molecule has 1 amide bonds. The second kappa shape index (κ2) is 7.35. The first-order valence-corrected chi connectivity index (χ1v) is 6.33. The van der Waals surface area contributed by atoms with Crippen LogP contribution in [0.15, 0.2) is 46.9 Å². The third-order valence-electron chi connectivity index (χ3n) is 2.60. The molecular formula is C15H17NO4. The average molecular weight is 275 g/mol. The minimum Gasteiger partial charge on any atom is -0.486 e. The molecule has 0 fully saturated rings. The molecule has 0 saturated heterocycles. The van der Waals surface area contributed by atoms with Gasteiger partial charge in [-0.15, -0.1) is 0 Å². The van der Waals surface area contributed by atoms with E-state index in [9.17, 15) is 4.79 Å². The quantitative estimate of drug-likeness (QED) is 0.787. The van der Waals surface area contributed by atoms with Gasteiger partial charge in [-0.1, -0.05) is 18.2 Å². The highest BCUT2D eigenvalue weighted by molar-refractivity contribution is 5.91. The molecule has 2 aromatic rings. The van der Waals surface area contributed by atoms with Crippen LogP contribution in [0, 0.1) is 0 Å². The Morgan fingerprint density at radius 1 is 1.20 bits per heavy atom. The minimum atomic E-state index is -0.256. The average Bonchev–Trinajstić information content (AvgIpc) is 2.95. The Morgan fingerprint density at radius 2 is 2.00 bits per heavy atom. The standard InChI is InChI=1S/C15H17NO4/c1-18-10-9-16-15(17)14-8-7-13(20-14)11-19-12-5-3-2-4-6-12/h2-8H,9-11H2,1H3,(H,16,17). The molecule has 0 spiro atoms. The number of hydrogen-bond donors (Lipinski definition) is 1. The summed E-state index contributed by atoms with van der Waals surface area (Å²) >= 11 is 0. The SMILES string of the molecule is COCCNC(=O)c1ccc(COc2ccccc2)o1. The van der Waals surface area contributed by atoms with Gasteiger partial charge in [0.1, 0.15) is 18.1 Å². The van der Waals surface area contributed by atoms with Gasteiger partial charge in [-0.25, -0.2) is 0 Å². The summed E-state index contributed by atoms with van der Waals surface area (Å²) in [5, 5.41) is 2.69. The van der Waals surface area contributed by atoms with Crippen molar-refractivity contribution in [3.05, 3.63) is 54.0 Å². The second-order valence-electron chi connectivity index (χ2n) is 4.12. The molecule has 0 bridgehead atoms. The van der Waals surface area contributed by atoms with Gasteiger partial charge in [0.05, 0.1) is 6.61 Å². The Morgan fingerprint density at radius 3 is 2.75 bits per heavy atom. The summed E-state index contributed by atoms with van der Waals surface area (Å²) in [4.78, 5) is 11.7. The molecule has 106 valence electrons. The van der Waals surface area contributed by atoms with Gasteiger partial charge in [0, 0.05) is 13.7 Å². The van der Waals surface area contributed by atoms with Crippen molar-refractivity contribution < 1.29 is 18.7 Å². The molecule has 0 atom stereocenters. The first-order valence-electron chi connectivity index (χ1n) is 6.33. The van der Waals surface area contributed by atoms with E-state index in [2.05, 4.69) is 5.32 Å². The van der Waals surface area contributed by atoms with Crippen LogP contribution in [0.2, 0.25) is 0 Å². The van der Waals surface area contributed by atoms with E-state index in [1.807, 2.05) is 30.3 Å². The molecule has 5 nitrogen and oxygen atoms in total. The largest absolute Gasteiger partial charge is 0.486 e. The molecule has 0 radical (unpaired) electrons. The fourth-order valence-electron chi connectivity index (χ4n) is 1.60. The maximum atomic E-state index is 11.7. The Balaban J connectivity index is 1.84. The molecule has 2 rings (SSSR count). The maximum Gasteiger partial charge on any atom is 0.287 e. The monoisotopic (exact) mass is 275 g/mol. The molecule has 1 aromatic carbocycles. The Hall–Kier alpha value is -2.27. The van der Waals surface area contributed by atoms with Gasteiger partial charge >= 0.3 is 0 Å². The van der Waals surface area contributed by atoms with Crippen LogP contribution >= 0.6 is 0 Å². The zero-order chi connectivity index (χ0) is 14.2. The van der Waals surface area contributed by atoms with E-state index in [1.54, 1.807) is 19.2 Å². The first-order chi connectivity index (χ1) is 9.79. The summed E-state index contributed by atoms with van der Waals surface area (Å²) in [6.45, 7) is 1.21. The van der Waals surface area contributed by atoms with Crippen molar-refractivity contribution >= 4 is 5.91 Å². The van der Waals surface area contributed by atoms with Gasteiger partial charge in [0.15, 0.2) is 5.76 Å². The first kappa shape index (κ1) is 14.1. The molecule has 1 N–H and O–H groups in total. The Bertz CT molecular complexity index is 536. The van der Waals surface area contributed by atoms with Gasteiger partial charge in [0.25, 0.3) is 5.91 Å². The van der Waals surface area contributed by atoms with Crippen LogP contribution in [-0.4, -0.2) is 26.2 Å². The number of ether oxygens (including phenoxy) is 2. The maximum absolute atomic E-state index is 11.7. The number of nitrogens with one attached hydrogen (secondary N) is 1. The van der Waals surface area contributed by atoms with Crippen LogP contribution in [0.4, 0.5) is 0 Å². The summed E-state index contributed by atoms with van der Waals surface area (Å²) in [6.07, 6.45) is 0. The van der Waals surface area contributed by atoms with Crippen molar-refractivity contribution in [2.75, 3.05) is 20.3 Å². The molecule has 0 aliphatic rings. The number of benzene rings is 1. The number of rotatable bonds is 7. The van der Waals surface area contributed by atoms with E-state index in [-0.39, 0.29) is 18.3 Å². The van der Waals surface area contributed by atoms with Gasteiger partial charge in [-0.2, -0.15) is 0 Å². The van der Waals surface area contributed by atoms with E-state index in [0.29, 0.717) is 18.9 Å². The molecule has 0 aliphatic carbocycles. The van der Waals surface area contributed by atoms with Gasteiger partial charge in [-0.05, 0) is 24.3 Å². The lowest BCUT2D eigenvalue weighted by molar-refractivity contribution is 0.0905. The summed E-state index contributed by atoms with van der Waals surface area (Å²) < 4.78 is 15.8. The molecule has 0 saturated carbocycles. The van der Waals surface area contributed by atoms with Crippen molar-refractivity contribution in [1.82, 2.24) is 5.32 Å². The fourth-order valence-corrected chi connectivity index (χ4v) is 1.60. The lowest BCUT2D eigenvalue weighted by Crippen LogP contribution is -2.26. The van der Waals surface area contributed by atoms with Crippen molar-refractivity contribution in [1.29, 1.82) is 0 Å². The van der Waals surface area contributed by atoms with E-state index >= 15 is 0 Å². The highest BCUT2D eigenvalue weighted by Gasteiger charge is 2.10. The number of carbonyl (C=O) groups is 1. The number of hydrogen-bond acceptors (Lipinski definition) is 4.